The molecule has 114 valence electrons. The summed E-state index contributed by atoms with van der Waals surface area (Å²) in [6.45, 7) is 2.12. The number of ether oxygens (including phenoxy) is 1. The molecule has 0 aromatic heterocycles. The van der Waals surface area contributed by atoms with E-state index in [1.165, 1.54) is 12.1 Å². The molecule has 1 aliphatic rings. The minimum absolute atomic E-state index is 0.00847. The Morgan fingerprint density at radius 2 is 2.24 bits per heavy atom. The molecule has 0 heterocycles. The molecule has 0 radical (unpaired) electrons. The average molecular weight is 293 g/mol. The first-order valence-corrected chi connectivity index (χ1v) is 6.82. The van der Waals surface area contributed by atoms with Crippen LogP contribution in [0.15, 0.2) is 18.2 Å². The van der Waals surface area contributed by atoms with Crippen LogP contribution in [0.2, 0.25) is 0 Å². The number of anilines is 1. The lowest BCUT2D eigenvalue weighted by Crippen LogP contribution is -2.42. The summed E-state index contributed by atoms with van der Waals surface area (Å²) in [6.07, 6.45) is 2.20. The number of nitrogens with zero attached hydrogens (tertiary/aromatic N) is 1. The monoisotopic (exact) mass is 293 g/mol. The van der Waals surface area contributed by atoms with Gasteiger partial charge in [-0.3, -0.25) is 10.1 Å². The maximum atomic E-state index is 11.9. The Morgan fingerprint density at radius 3 is 2.76 bits per heavy atom. The lowest BCUT2D eigenvalue weighted by Gasteiger charge is -2.17. The molecule has 7 heteroatoms. The molecule has 1 aromatic rings. The minimum Gasteiger partial charge on any atom is -0.383 e. The van der Waals surface area contributed by atoms with Crippen LogP contribution in [0, 0.1) is 23.0 Å². The summed E-state index contributed by atoms with van der Waals surface area (Å²) in [7, 11) is 1.61. The van der Waals surface area contributed by atoms with Crippen LogP contribution >= 0.6 is 0 Å². The highest BCUT2D eigenvalue weighted by atomic mass is 16.6. The van der Waals surface area contributed by atoms with E-state index < -0.39 is 4.92 Å². The Kier molecular flexibility index (Phi) is 4.74. The fraction of sp³-hybridized carbons (Fsp3) is 0.500. The number of nitrogens with one attached hydrogen (secondary N) is 2. The Labute approximate surface area is 122 Å². The second-order valence-electron chi connectivity index (χ2n) is 5.26. The summed E-state index contributed by atoms with van der Waals surface area (Å²) in [4.78, 5) is 22.3. The molecule has 0 spiro atoms. The van der Waals surface area contributed by atoms with Gasteiger partial charge < -0.3 is 15.4 Å². The Hall–Kier alpha value is -2.15. The quantitative estimate of drug-likeness (QED) is 0.622. The van der Waals surface area contributed by atoms with Crippen LogP contribution in [-0.4, -0.2) is 30.7 Å². The second kappa shape index (κ2) is 6.53. The van der Waals surface area contributed by atoms with Crippen LogP contribution in [-0.2, 0) is 4.74 Å². The van der Waals surface area contributed by atoms with Crippen molar-refractivity contribution in [1.29, 1.82) is 0 Å². The lowest BCUT2D eigenvalue weighted by molar-refractivity contribution is -0.385. The number of amides is 2. The summed E-state index contributed by atoms with van der Waals surface area (Å²) >= 11 is 0. The first kappa shape index (κ1) is 15.2. The topological polar surface area (TPSA) is 93.5 Å². The van der Waals surface area contributed by atoms with Crippen molar-refractivity contribution in [1.82, 2.24) is 5.32 Å². The van der Waals surface area contributed by atoms with E-state index in [4.69, 9.17) is 4.74 Å². The molecule has 7 nitrogen and oxygen atoms in total. The van der Waals surface area contributed by atoms with Crippen molar-refractivity contribution in [3.8, 4) is 0 Å². The molecule has 21 heavy (non-hydrogen) atoms. The fourth-order valence-corrected chi connectivity index (χ4v) is 2.25. The number of rotatable bonds is 6. The van der Waals surface area contributed by atoms with Gasteiger partial charge in [0.15, 0.2) is 0 Å². The second-order valence-corrected chi connectivity index (χ2v) is 5.26. The molecular weight excluding hydrogens is 274 g/mol. The highest BCUT2D eigenvalue weighted by Crippen LogP contribution is 2.32. The summed E-state index contributed by atoms with van der Waals surface area (Å²) in [6, 6.07) is 4.18. The van der Waals surface area contributed by atoms with Gasteiger partial charge >= 0.3 is 6.03 Å². The number of hydrogen-bond acceptors (Lipinski definition) is 4. The highest BCUT2D eigenvalue weighted by molar-refractivity contribution is 5.89. The Bertz CT molecular complexity index is 543. The van der Waals surface area contributed by atoms with E-state index >= 15 is 0 Å². The third-order valence-electron chi connectivity index (χ3n) is 3.51. The number of benzene rings is 1. The predicted octanol–water partition coefficient (Wildman–Crippen LogP) is 2.45. The molecular formula is C14H19N3O4. The van der Waals surface area contributed by atoms with Gasteiger partial charge in [0.2, 0.25) is 0 Å². The zero-order chi connectivity index (χ0) is 15.4. The van der Waals surface area contributed by atoms with E-state index in [1.807, 2.05) is 0 Å². The van der Waals surface area contributed by atoms with Crippen molar-refractivity contribution in [2.45, 2.75) is 25.8 Å². The molecule has 1 aliphatic carbocycles. The molecule has 2 N–H and O–H groups in total. The Balaban J connectivity index is 1.95. The number of aryl methyl sites for hydroxylation is 1. The number of hydrogen-bond donors (Lipinski definition) is 2. The number of carbonyl (C=O) groups excluding carboxylic acids is 1. The van der Waals surface area contributed by atoms with Crippen LogP contribution in [0.25, 0.3) is 0 Å². The minimum atomic E-state index is -0.444. The summed E-state index contributed by atoms with van der Waals surface area (Å²) < 4.78 is 5.10. The molecule has 0 aliphatic heterocycles. The van der Waals surface area contributed by atoms with Crippen molar-refractivity contribution < 1.29 is 14.5 Å². The van der Waals surface area contributed by atoms with Crippen molar-refractivity contribution >= 4 is 17.4 Å². The van der Waals surface area contributed by atoms with Crippen molar-refractivity contribution in [2.24, 2.45) is 5.92 Å². The van der Waals surface area contributed by atoms with E-state index in [-0.39, 0.29) is 17.8 Å². The standard InChI is InChI=1S/C14H19N3O4/c1-9-7-11(5-6-13(9)17(19)20)15-14(18)16-12(8-21-2)10-3-4-10/h5-7,10,12H,3-4,8H2,1-2H3,(H2,15,16,18). The largest absolute Gasteiger partial charge is 0.383 e. The highest BCUT2D eigenvalue weighted by Gasteiger charge is 2.32. The Morgan fingerprint density at radius 1 is 1.52 bits per heavy atom. The van der Waals surface area contributed by atoms with Gasteiger partial charge in [0.05, 0.1) is 17.6 Å². The van der Waals surface area contributed by atoms with E-state index in [2.05, 4.69) is 10.6 Å². The predicted molar refractivity (Wildman–Crippen MR) is 78.4 cm³/mol. The van der Waals surface area contributed by atoms with Gasteiger partial charge in [-0.05, 0) is 37.8 Å². The SMILES string of the molecule is COCC(NC(=O)Nc1ccc([N+](=O)[O-])c(C)c1)C1CC1. The normalized spacial score (nSPS) is 15.3. The van der Waals surface area contributed by atoms with Crippen LogP contribution in [0.4, 0.5) is 16.2 Å². The van der Waals surface area contributed by atoms with Gasteiger partial charge in [-0.15, -0.1) is 0 Å². The third-order valence-corrected chi connectivity index (χ3v) is 3.51. The molecule has 1 unspecified atom stereocenters. The van der Waals surface area contributed by atoms with Gasteiger partial charge in [0.1, 0.15) is 0 Å². The van der Waals surface area contributed by atoms with Gasteiger partial charge in [-0.1, -0.05) is 0 Å². The number of carbonyl (C=O) groups is 1. The maximum absolute atomic E-state index is 11.9. The number of urea groups is 1. The number of nitro groups is 1. The van der Waals surface area contributed by atoms with Gasteiger partial charge in [-0.25, -0.2) is 4.79 Å². The number of nitro benzene ring substituents is 1. The molecule has 0 saturated heterocycles. The van der Waals surface area contributed by atoms with E-state index in [9.17, 15) is 14.9 Å². The average Bonchev–Trinajstić information content (AvgIpc) is 3.22. The molecule has 0 bridgehead atoms. The van der Waals surface area contributed by atoms with Crippen molar-refractivity contribution in [3.63, 3.8) is 0 Å². The fourth-order valence-electron chi connectivity index (χ4n) is 2.25. The van der Waals surface area contributed by atoms with E-state index in [0.29, 0.717) is 23.8 Å². The van der Waals surface area contributed by atoms with E-state index in [1.54, 1.807) is 20.1 Å². The third kappa shape index (κ3) is 4.16. The summed E-state index contributed by atoms with van der Waals surface area (Å²) in [5.74, 6) is 0.481. The zero-order valence-electron chi connectivity index (χ0n) is 12.1. The van der Waals surface area contributed by atoms with Crippen LogP contribution in [0.1, 0.15) is 18.4 Å². The van der Waals surface area contributed by atoms with Crippen molar-refractivity contribution in [2.75, 3.05) is 19.0 Å². The van der Waals surface area contributed by atoms with Gasteiger partial charge in [0, 0.05) is 24.4 Å². The van der Waals surface area contributed by atoms with Gasteiger partial charge in [0.25, 0.3) is 5.69 Å². The first-order chi connectivity index (χ1) is 10.0. The molecule has 1 aromatic carbocycles. The summed E-state index contributed by atoms with van der Waals surface area (Å²) in [5, 5.41) is 16.3. The molecule has 1 atom stereocenters. The lowest BCUT2D eigenvalue weighted by atomic mass is 10.2. The van der Waals surface area contributed by atoms with Crippen LogP contribution in [0.3, 0.4) is 0 Å². The zero-order valence-corrected chi connectivity index (χ0v) is 12.1. The smallest absolute Gasteiger partial charge is 0.319 e. The molecule has 1 fully saturated rings. The summed E-state index contributed by atoms with van der Waals surface area (Å²) in [5.41, 5.74) is 1.08. The van der Waals surface area contributed by atoms with Gasteiger partial charge in [-0.2, -0.15) is 0 Å². The van der Waals surface area contributed by atoms with Crippen molar-refractivity contribution in [3.05, 3.63) is 33.9 Å². The van der Waals surface area contributed by atoms with Crippen LogP contribution in [0.5, 0.6) is 0 Å². The van der Waals surface area contributed by atoms with E-state index in [0.717, 1.165) is 12.8 Å². The first-order valence-electron chi connectivity index (χ1n) is 6.82. The van der Waals surface area contributed by atoms with Crippen LogP contribution < -0.4 is 10.6 Å². The molecule has 2 amide bonds. The maximum Gasteiger partial charge on any atom is 0.319 e. The molecule has 1 saturated carbocycles. The number of methoxy groups -OCH3 is 1. The molecule has 2 rings (SSSR count).